The average molecular weight is 311 g/mol. The van der Waals surface area contributed by atoms with Gasteiger partial charge in [-0.05, 0) is 63.4 Å². The third kappa shape index (κ3) is 3.56. The molecule has 3 rings (SSSR count). The summed E-state index contributed by atoms with van der Waals surface area (Å²) in [5, 5.41) is 8.84. The first-order valence-corrected chi connectivity index (χ1v) is 8.74. The summed E-state index contributed by atoms with van der Waals surface area (Å²) in [6, 6.07) is 10.4. The molecule has 0 N–H and O–H groups in total. The monoisotopic (exact) mass is 311 g/mol. The number of benzene rings is 1. The van der Waals surface area contributed by atoms with Gasteiger partial charge in [-0.3, -0.25) is 9.69 Å². The number of piperidine rings is 2. The molecule has 1 amide bonds. The van der Waals surface area contributed by atoms with Crippen molar-refractivity contribution < 1.29 is 4.79 Å². The first-order valence-electron chi connectivity index (χ1n) is 8.74. The van der Waals surface area contributed by atoms with E-state index < -0.39 is 0 Å². The molecule has 0 aromatic heterocycles. The zero-order chi connectivity index (χ0) is 16.2. The highest BCUT2D eigenvalue weighted by Crippen LogP contribution is 2.25. The normalized spacial score (nSPS) is 23.5. The highest BCUT2D eigenvalue weighted by molar-refractivity contribution is 5.94. The smallest absolute Gasteiger partial charge is 0.253 e. The van der Waals surface area contributed by atoms with E-state index in [1.165, 1.54) is 25.8 Å². The Morgan fingerprint density at radius 2 is 1.78 bits per heavy atom. The molecule has 2 aliphatic heterocycles. The lowest BCUT2D eigenvalue weighted by molar-refractivity contribution is 0.0463. The molecule has 122 valence electrons. The van der Waals surface area contributed by atoms with Crippen LogP contribution in [-0.4, -0.2) is 47.4 Å². The van der Waals surface area contributed by atoms with Gasteiger partial charge in [0.15, 0.2) is 0 Å². The minimum absolute atomic E-state index is 0.0969. The molecular formula is C19H25N3O. The standard InChI is InChI=1S/C19H25N3O/c1-15-4-2-3-11-22(15)18-9-12-21(13-10-18)19(23)17-7-5-16(14-20)6-8-17/h5-8,15,18H,2-4,9-13H2,1H3. The topological polar surface area (TPSA) is 47.3 Å². The van der Waals surface area contributed by atoms with Crippen molar-refractivity contribution in [2.45, 2.75) is 51.1 Å². The van der Waals surface area contributed by atoms with Crippen molar-refractivity contribution in [1.82, 2.24) is 9.80 Å². The molecular weight excluding hydrogens is 286 g/mol. The zero-order valence-electron chi connectivity index (χ0n) is 13.9. The Morgan fingerprint density at radius 1 is 1.09 bits per heavy atom. The molecule has 0 spiro atoms. The molecule has 23 heavy (non-hydrogen) atoms. The van der Waals surface area contributed by atoms with Crippen molar-refractivity contribution in [2.75, 3.05) is 19.6 Å². The third-order valence-corrected chi connectivity index (χ3v) is 5.34. The highest BCUT2D eigenvalue weighted by Gasteiger charge is 2.30. The summed E-state index contributed by atoms with van der Waals surface area (Å²) in [6.45, 7) is 5.24. The van der Waals surface area contributed by atoms with Crippen molar-refractivity contribution in [3.05, 3.63) is 35.4 Å². The van der Waals surface area contributed by atoms with E-state index in [2.05, 4.69) is 17.9 Å². The number of carbonyl (C=O) groups is 1. The fraction of sp³-hybridized carbons (Fsp3) is 0.579. The number of hydrogen-bond acceptors (Lipinski definition) is 3. The van der Waals surface area contributed by atoms with Crippen LogP contribution in [-0.2, 0) is 0 Å². The van der Waals surface area contributed by atoms with Gasteiger partial charge >= 0.3 is 0 Å². The van der Waals surface area contributed by atoms with Crippen LogP contribution in [0, 0.1) is 11.3 Å². The lowest BCUT2D eigenvalue weighted by atomic mass is 9.95. The van der Waals surface area contributed by atoms with Crippen LogP contribution in [0.4, 0.5) is 0 Å². The Morgan fingerprint density at radius 3 is 2.39 bits per heavy atom. The number of amides is 1. The maximum Gasteiger partial charge on any atom is 0.253 e. The summed E-state index contributed by atoms with van der Waals surface area (Å²) in [5.41, 5.74) is 1.29. The first-order chi connectivity index (χ1) is 11.2. The predicted octanol–water partition coefficient (Wildman–Crippen LogP) is 3.04. The number of nitriles is 1. The molecule has 0 aliphatic carbocycles. The Bertz CT molecular complexity index is 582. The molecule has 1 aromatic carbocycles. The van der Waals surface area contributed by atoms with Crippen LogP contribution in [0.1, 0.15) is 54.9 Å². The maximum atomic E-state index is 12.6. The molecule has 2 heterocycles. The summed E-state index contributed by atoms with van der Waals surface area (Å²) >= 11 is 0. The summed E-state index contributed by atoms with van der Waals surface area (Å²) in [7, 11) is 0. The van der Waals surface area contributed by atoms with E-state index in [1.807, 2.05) is 4.90 Å². The van der Waals surface area contributed by atoms with Crippen molar-refractivity contribution in [3.8, 4) is 6.07 Å². The minimum atomic E-state index is 0.0969. The van der Waals surface area contributed by atoms with Crippen LogP contribution in [0.3, 0.4) is 0 Å². The SMILES string of the molecule is CC1CCCCN1C1CCN(C(=O)c2ccc(C#N)cc2)CC1. The van der Waals surface area contributed by atoms with E-state index in [9.17, 15) is 4.79 Å². The van der Waals surface area contributed by atoms with Gasteiger partial charge in [0.05, 0.1) is 11.6 Å². The molecule has 4 heteroatoms. The van der Waals surface area contributed by atoms with Crippen LogP contribution in [0.15, 0.2) is 24.3 Å². The largest absolute Gasteiger partial charge is 0.339 e. The molecule has 0 bridgehead atoms. The Labute approximate surface area is 138 Å². The first kappa shape index (κ1) is 16.0. The Hall–Kier alpha value is -1.86. The minimum Gasteiger partial charge on any atom is -0.339 e. The van der Waals surface area contributed by atoms with Gasteiger partial charge in [-0.15, -0.1) is 0 Å². The van der Waals surface area contributed by atoms with E-state index in [-0.39, 0.29) is 5.91 Å². The van der Waals surface area contributed by atoms with Gasteiger partial charge in [0.25, 0.3) is 5.91 Å². The molecule has 2 aliphatic rings. The third-order valence-electron chi connectivity index (χ3n) is 5.34. The quantitative estimate of drug-likeness (QED) is 0.843. The summed E-state index contributed by atoms with van der Waals surface area (Å²) in [6.07, 6.45) is 6.13. The summed E-state index contributed by atoms with van der Waals surface area (Å²) in [4.78, 5) is 17.2. The van der Waals surface area contributed by atoms with Crippen LogP contribution in [0.2, 0.25) is 0 Å². The molecule has 1 atom stereocenters. The molecule has 2 fully saturated rings. The van der Waals surface area contributed by atoms with Gasteiger partial charge in [-0.25, -0.2) is 0 Å². The second-order valence-corrected chi connectivity index (χ2v) is 6.80. The Balaban J connectivity index is 1.57. The molecule has 4 nitrogen and oxygen atoms in total. The molecule has 2 saturated heterocycles. The van der Waals surface area contributed by atoms with Crippen molar-refractivity contribution in [2.24, 2.45) is 0 Å². The zero-order valence-corrected chi connectivity index (χ0v) is 13.9. The fourth-order valence-corrected chi connectivity index (χ4v) is 3.93. The summed E-state index contributed by atoms with van der Waals surface area (Å²) < 4.78 is 0. The molecule has 1 aromatic rings. The van der Waals surface area contributed by atoms with Crippen molar-refractivity contribution in [1.29, 1.82) is 5.26 Å². The van der Waals surface area contributed by atoms with E-state index in [0.717, 1.165) is 25.9 Å². The lowest BCUT2D eigenvalue weighted by Crippen LogP contribution is -2.51. The number of likely N-dealkylation sites (tertiary alicyclic amines) is 2. The van der Waals surface area contributed by atoms with Gasteiger partial charge in [0, 0.05) is 30.7 Å². The van der Waals surface area contributed by atoms with Gasteiger partial charge in [0.2, 0.25) is 0 Å². The van der Waals surface area contributed by atoms with Crippen LogP contribution in [0.5, 0.6) is 0 Å². The van der Waals surface area contributed by atoms with E-state index in [0.29, 0.717) is 23.2 Å². The second kappa shape index (κ2) is 7.14. The number of rotatable bonds is 2. The molecule has 0 radical (unpaired) electrons. The van der Waals surface area contributed by atoms with E-state index in [1.54, 1.807) is 24.3 Å². The number of hydrogen-bond donors (Lipinski definition) is 0. The van der Waals surface area contributed by atoms with E-state index >= 15 is 0 Å². The summed E-state index contributed by atoms with van der Waals surface area (Å²) in [5.74, 6) is 0.0969. The van der Waals surface area contributed by atoms with Crippen LogP contribution < -0.4 is 0 Å². The molecule has 0 saturated carbocycles. The van der Waals surface area contributed by atoms with Gasteiger partial charge in [-0.2, -0.15) is 5.26 Å². The van der Waals surface area contributed by atoms with Crippen LogP contribution >= 0.6 is 0 Å². The van der Waals surface area contributed by atoms with Gasteiger partial charge in [0.1, 0.15) is 0 Å². The molecule has 1 unspecified atom stereocenters. The van der Waals surface area contributed by atoms with Crippen LogP contribution in [0.25, 0.3) is 0 Å². The van der Waals surface area contributed by atoms with Gasteiger partial charge in [-0.1, -0.05) is 6.42 Å². The fourth-order valence-electron chi connectivity index (χ4n) is 3.93. The van der Waals surface area contributed by atoms with E-state index in [4.69, 9.17) is 5.26 Å². The van der Waals surface area contributed by atoms with Crippen molar-refractivity contribution in [3.63, 3.8) is 0 Å². The lowest BCUT2D eigenvalue weighted by Gasteiger charge is -2.43. The maximum absolute atomic E-state index is 12.6. The predicted molar refractivity (Wildman–Crippen MR) is 90.1 cm³/mol. The highest BCUT2D eigenvalue weighted by atomic mass is 16.2. The van der Waals surface area contributed by atoms with Crippen molar-refractivity contribution >= 4 is 5.91 Å². The number of carbonyl (C=O) groups excluding carboxylic acids is 1. The Kier molecular flexibility index (Phi) is 4.97. The number of nitrogens with zero attached hydrogens (tertiary/aromatic N) is 3. The van der Waals surface area contributed by atoms with Gasteiger partial charge < -0.3 is 4.90 Å². The second-order valence-electron chi connectivity index (χ2n) is 6.80. The average Bonchev–Trinajstić information content (AvgIpc) is 2.62.